The molecular weight excluding hydrogens is 270 g/mol. The number of aryl methyl sites for hydroxylation is 1. The number of carbonyl (C=O) groups excluding carboxylic acids is 2. The van der Waals surface area contributed by atoms with Crippen molar-refractivity contribution in [3.63, 3.8) is 0 Å². The normalized spacial score (nSPS) is 10.2. The van der Waals surface area contributed by atoms with Crippen molar-refractivity contribution < 1.29 is 18.9 Å². The van der Waals surface area contributed by atoms with Gasteiger partial charge in [-0.2, -0.15) is 0 Å². The van der Waals surface area contributed by atoms with E-state index in [1.54, 1.807) is 48.3 Å². The molecule has 6 nitrogen and oxygen atoms in total. The Morgan fingerprint density at radius 2 is 2.10 bits per heavy atom. The molecule has 1 heterocycles. The van der Waals surface area contributed by atoms with Crippen LogP contribution in [0.5, 0.6) is 0 Å². The number of anilines is 1. The Bertz CT molecular complexity index is 649. The van der Waals surface area contributed by atoms with Gasteiger partial charge in [0.05, 0.1) is 24.9 Å². The summed E-state index contributed by atoms with van der Waals surface area (Å²) in [5.74, 6) is -0.649. The lowest BCUT2D eigenvalue weighted by atomic mass is 10.2. The number of esters is 1. The van der Waals surface area contributed by atoms with Crippen molar-refractivity contribution >= 4 is 17.6 Å². The highest BCUT2D eigenvalue weighted by atomic mass is 16.5. The summed E-state index contributed by atoms with van der Waals surface area (Å²) in [7, 11) is 1.88. The Morgan fingerprint density at radius 3 is 2.76 bits per heavy atom. The Labute approximate surface area is 123 Å². The van der Waals surface area contributed by atoms with Gasteiger partial charge in [-0.3, -0.25) is 4.79 Å². The number of hydrogen-bond donors (Lipinski definition) is 1. The van der Waals surface area contributed by atoms with Gasteiger partial charge in [-0.25, -0.2) is 13.9 Å². The molecule has 6 heteroatoms. The van der Waals surface area contributed by atoms with Crippen LogP contribution in [-0.4, -0.2) is 23.1 Å². The minimum absolute atomic E-state index is 0.179. The molecule has 0 radical (unpaired) electrons. The largest absolute Gasteiger partial charge is 0.462 e. The van der Waals surface area contributed by atoms with E-state index < -0.39 is 5.97 Å². The molecule has 0 saturated heterocycles. The fourth-order valence-corrected chi connectivity index (χ4v) is 1.93. The summed E-state index contributed by atoms with van der Waals surface area (Å²) in [5.41, 5.74) is 0.809. The van der Waals surface area contributed by atoms with E-state index in [0.717, 1.165) is 0 Å². The maximum Gasteiger partial charge on any atom is 0.340 e. The third-order valence-corrected chi connectivity index (χ3v) is 2.85. The number of aromatic nitrogens is 2. The summed E-state index contributed by atoms with van der Waals surface area (Å²) in [4.78, 5) is 23.9. The first-order chi connectivity index (χ1) is 10.1. The van der Waals surface area contributed by atoms with Crippen LogP contribution in [0.1, 0.15) is 17.3 Å². The second-order valence-electron chi connectivity index (χ2n) is 4.57. The van der Waals surface area contributed by atoms with Crippen LogP contribution in [0.3, 0.4) is 0 Å². The smallest absolute Gasteiger partial charge is 0.340 e. The fraction of sp³-hybridized carbons (Fsp3) is 0.267. The van der Waals surface area contributed by atoms with Gasteiger partial charge in [-0.1, -0.05) is 12.1 Å². The first-order valence-corrected chi connectivity index (χ1v) is 6.67. The number of nitrogens with one attached hydrogen (secondary N) is 1. The summed E-state index contributed by atoms with van der Waals surface area (Å²) in [5, 5.41) is 2.74. The van der Waals surface area contributed by atoms with Crippen LogP contribution < -0.4 is 9.88 Å². The second-order valence-corrected chi connectivity index (χ2v) is 4.57. The lowest BCUT2D eigenvalue weighted by Gasteiger charge is -2.09. The topological polar surface area (TPSA) is 64.2 Å². The van der Waals surface area contributed by atoms with Gasteiger partial charge in [0.2, 0.25) is 6.33 Å². The van der Waals surface area contributed by atoms with E-state index in [4.69, 9.17) is 4.74 Å². The quantitative estimate of drug-likeness (QED) is 0.662. The third kappa shape index (κ3) is 3.92. The molecule has 1 N–H and O–H groups in total. The monoisotopic (exact) mass is 288 g/mol. The molecule has 0 aliphatic heterocycles. The third-order valence-electron chi connectivity index (χ3n) is 2.85. The van der Waals surface area contributed by atoms with Gasteiger partial charge in [0, 0.05) is 0 Å². The first-order valence-electron chi connectivity index (χ1n) is 6.67. The van der Waals surface area contributed by atoms with E-state index in [2.05, 4.69) is 5.32 Å². The Kier molecular flexibility index (Phi) is 4.71. The summed E-state index contributed by atoms with van der Waals surface area (Å²) in [6, 6.07) is 6.80. The number of nitrogens with zero attached hydrogens (tertiary/aromatic N) is 2. The average Bonchev–Trinajstić information content (AvgIpc) is 2.84. The van der Waals surface area contributed by atoms with Crippen LogP contribution in [0.4, 0.5) is 5.69 Å². The molecule has 2 rings (SSSR count). The van der Waals surface area contributed by atoms with E-state index >= 15 is 0 Å². The van der Waals surface area contributed by atoms with Crippen molar-refractivity contribution in [1.29, 1.82) is 0 Å². The van der Waals surface area contributed by atoms with Crippen molar-refractivity contribution in [1.82, 2.24) is 4.57 Å². The van der Waals surface area contributed by atoms with Crippen molar-refractivity contribution in [3.05, 3.63) is 48.5 Å². The molecule has 110 valence electrons. The second kappa shape index (κ2) is 6.69. The molecule has 0 bridgehead atoms. The number of para-hydroxylation sites is 1. The maximum atomic E-state index is 12.0. The number of rotatable bonds is 5. The Balaban J connectivity index is 2.08. The molecule has 0 fully saturated rings. The van der Waals surface area contributed by atoms with E-state index in [1.807, 2.05) is 17.8 Å². The summed E-state index contributed by atoms with van der Waals surface area (Å²) in [6.07, 6.45) is 5.45. The summed E-state index contributed by atoms with van der Waals surface area (Å²) < 4.78 is 8.57. The van der Waals surface area contributed by atoms with Gasteiger partial charge in [0.15, 0.2) is 6.54 Å². The predicted octanol–water partition coefficient (Wildman–Crippen LogP) is 1.13. The van der Waals surface area contributed by atoms with Crippen LogP contribution in [-0.2, 0) is 23.1 Å². The van der Waals surface area contributed by atoms with E-state index in [9.17, 15) is 9.59 Å². The van der Waals surface area contributed by atoms with Gasteiger partial charge in [-0.05, 0) is 19.1 Å². The number of imidazole rings is 1. The molecule has 0 atom stereocenters. The lowest BCUT2D eigenvalue weighted by molar-refractivity contribution is -0.671. The van der Waals surface area contributed by atoms with Crippen LogP contribution in [0.25, 0.3) is 0 Å². The zero-order valence-electron chi connectivity index (χ0n) is 12.1. The van der Waals surface area contributed by atoms with Gasteiger partial charge in [0.25, 0.3) is 5.91 Å². The number of ether oxygens (including phenoxy) is 1. The van der Waals surface area contributed by atoms with Gasteiger partial charge < -0.3 is 10.1 Å². The molecule has 0 aliphatic rings. The van der Waals surface area contributed by atoms with Gasteiger partial charge >= 0.3 is 5.97 Å². The van der Waals surface area contributed by atoms with Crippen molar-refractivity contribution in [3.8, 4) is 0 Å². The molecular formula is C15H18N3O3+. The minimum atomic E-state index is -0.444. The van der Waals surface area contributed by atoms with E-state index in [-0.39, 0.29) is 12.5 Å². The van der Waals surface area contributed by atoms with Crippen LogP contribution in [0.2, 0.25) is 0 Å². The highest BCUT2D eigenvalue weighted by Crippen LogP contribution is 2.16. The molecule has 0 aliphatic carbocycles. The molecule has 1 aromatic heterocycles. The number of carbonyl (C=O) groups is 2. The van der Waals surface area contributed by atoms with Crippen LogP contribution in [0, 0.1) is 0 Å². The minimum Gasteiger partial charge on any atom is -0.462 e. The summed E-state index contributed by atoms with van der Waals surface area (Å²) in [6.45, 7) is 2.21. The molecule has 21 heavy (non-hydrogen) atoms. The first kappa shape index (κ1) is 14.8. The molecule has 0 saturated carbocycles. The van der Waals surface area contributed by atoms with Crippen molar-refractivity contribution in [2.24, 2.45) is 7.05 Å². The molecule has 0 spiro atoms. The van der Waals surface area contributed by atoms with Gasteiger partial charge in [0.1, 0.15) is 12.4 Å². The Hall–Kier alpha value is -2.63. The highest BCUT2D eigenvalue weighted by molar-refractivity contribution is 6.01. The zero-order valence-corrected chi connectivity index (χ0v) is 12.1. The lowest BCUT2D eigenvalue weighted by Crippen LogP contribution is -2.25. The molecule has 1 aromatic carbocycles. The predicted molar refractivity (Wildman–Crippen MR) is 76.6 cm³/mol. The molecule has 2 aromatic rings. The number of hydrogen-bond acceptors (Lipinski definition) is 3. The van der Waals surface area contributed by atoms with Gasteiger partial charge in [-0.15, -0.1) is 0 Å². The standard InChI is InChI=1S/C15H17N3O3/c1-3-21-15(20)12-6-4-5-7-13(12)16-14(19)10-18-9-8-17(2)11-18/h4-9,11H,3,10H2,1-2H3/p+1. The Morgan fingerprint density at radius 1 is 1.33 bits per heavy atom. The average molecular weight is 288 g/mol. The molecule has 0 unspecified atom stereocenters. The van der Waals surface area contributed by atoms with Crippen molar-refractivity contribution in [2.45, 2.75) is 13.5 Å². The van der Waals surface area contributed by atoms with Crippen LogP contribution >= 0.6 is 0 Å². The highest BCUT2D eigenvalue weighted by Gasteiger charge is 2.15. The number of benzene rings is 1. The van der Waals surface area contributed by atoms with Crippen molar-refractivity contribution in [2.75, 3.05) is 11.9 Å². The zero-order chi connectivity index (χ0) is 15.2. The van der Waals surface area contributed by atoms with Crippen LogP contribution in [0.15, 0.2) is 43.0 Å². The SMILES string of the molecule is CCOC(=O)c1ccccc1NC(=O)Cn1cc[n+](C)c1. The summed E-state index contributed by atoms with van der Waals surface area (Å²) >= 11 is 0. The van der Waals surface area contributed by atoms with E-state index in [1.165, 1.54) is 0 Å². The maximum absolute atomic E-state index is 12.0. The molecule has 1 amide bonds. The van der Waals surface area contributed by atoms with E-state index in [0.29, 0.717) is 17.9 Å². The number of amides is 1. The fourth-order valence-electron chi connectivity index (χ4n) is 1.93.